The van der Waals surface area contributed by atoms with Gasteiger partial charge in [-0.05, 0) is 30.5 Å². The number of carboxylic acids is 1. The standard InChI is InChI=1S/C17H22N2O4/c20-15-4-9-23-17(12-18-15)5-7-19(8-6-17)11-13-2-1-3-14(10-13)16(21)22/h1-3,10H,4-9,11-12H2,(H,18,20)(H,21,22). The second kappa shape index (κ2) is 6.68. The molecule has 1 aromatic rings. The van der Waals surface area contributed by atoms with Crippen LogP contribution in [-0.4, -0.2) is 53.7 Å². The van der Waals surface area contributed by atoms with Crippen molar-refractivity contribution in [2.45, 2.75) is 31.4 Å². The van der Waals surface area contributed by atoms with Crippen molar-refractivity contribution < 1.29 is 19.4 Å². The third-order valence-electron chi connectivity index (χ3n) is 4.69. The van der Waals surface area contributed by atoms with E-state index in [4.69, 9.17) is 9.84 Å². The molecule has 2 heterocycles. The lowest BCUT2D eigenvalue weighted by atomic mass is 9.90. The molecule has 6 nitrogen and oxygen atoms in total. The van der Waals surface area contributed by atoms with Gasteiger partial charge >= 0.3 is 5.97 Å². The van der Waals surface area contributed by atoms with Crippen LogP contribution in [0, 0.1) is 0 Å². The highest BCUT2D eigenvalue weighted by Gasteiger charge is 2.37. The summed E-state index contributed by atoms with van der Waals surface area (Å²) in [6, 6.07) is 7.08. The molecule has 2 saturated heterocycles. The first-order valence-electron chi connectivity index (χ1n) is 8.02. The Labute approximate surface area is 135 Å². The molecule has 0 aliphatic carbocycles. The number of nitrogens with zero attached hydrogens (tertiary/aromatic N) is 1. The number of rotatable bonds is 3. The Bertz CT molecular complexity index is 594. The van der Waals surface area contributed by atoms with Gasteiger partial charge in [0.1, 0.15) is 0 Å². The number of carboxylic acid groups (broad SMARTS) is 1. The van der Waals surface area contributed by atoms with Crippen LogP contribution in [0.15, 0.2) is 24.3 Å². The van der Waals surface area contributed by atoms with Gasteiger partial charge < -0.3 is 15.2 Å². The monoisotopic (exact) mass is 318 g/mol. The van der Waals surface area contributed by atoms with Crippen LogP contribution in [0.4, 0.5) is 0 Å². The van der Waals surface area contributed by atoms with Gasteiger partial charge in [-0.15, -0.1) is 0 Å². The van der Waals surface area contributed by atoms with Gasteiger partial charge in [-0.3, -0.25) is 9.69 Å². The second-order valence-corrected chi connectivity index (χ2v) is 6.34. The second-order valence-electron chi connectivity index (χ2n) is 6.34. The molecule has 0 aromatic heterocycles. The minimum atomic E-state index is -0.896. The van der Waals surface area contributed by atoms with Crippen molar-refractivity contribution in [3.63, 3.8) is 0 Å². The lowest BCUT2D eigenvalue weighted by molar-refractivity contribution is -0.120. The number of nitrogens with one attached hydrogen (secondary N) is 1. The van der Waals surface area contributed by atoms with Crippen LogP contribution in [0.2, 0.25) is 0 Å². The summed E-state index contributed by atoms with van der Waals surface area (Å²) in [4.78, 5) is 24.8. The van der Waals surface area contributed by atoms with E-state index >= 15 is 0 Å². The Kier molecular flexibility index (Phi) is 4.63. The van der Waals surface area contributed by atoms with E-state index in [-0.39, 0.29) is 11.5 Å². The summed E-state index contributed by atoms with van der Waals surface area (Å²) in [6.07, 6.45) is 2.20. The molecule has 0 atom stereocenters. The van der Waals surface area contributed by atoms with Crippen molar-refractivity contribution in [3.05, 3.63) is 35.4 Å². The summed E-state index contributed by atoms with van der Waals surface area (Å²) in [5, 5.41) is 12.0. The lowest BCUT2D eigenvalue weighted by Crippen LogP contribution is -2.50. The molecular formula is C17H22N2O4. The molecular weight excluding hydrogens is 296 g/mol. The molecule has 0 unspecified atom stereocenters. The molecule has 1 spiro atoms. The molecule has 3 rings (SSSR count). The number of hydrogen-bond acceptors (Lipinski definition) is 4. The minimum Gasteiger partial charge on any atom is -0.478 e. The summed E-state index contributed by atoms with van der Waals surface area (Å²) in [5.74, 6) is -0.832. The van der Waals surface area contributed by atoms with Crippen LogP contribution in [0.5, 0.6) is 0 Å². The molecule has 23 heavy (non-hydrogen) atoms. The van der Waals surface area contributed by atoms with E-state index in [1.54, 1.807) is 18.2 Å². The maximum Gasteiger partial charge on any atom is 0.335 e. The predicted molar refractivity (Wildman–Crippen MR) is 84.2 cm³/mol. The van der Waals surface area contributed by atoms with Crippen LogP contribution in [0.25, 0.3) is 0 Å². The Hall–Kier alpha value is -1.92. The van der Waals surface area contributed by atoms with Gasteiger partial charge in [0, 0.05) is 32.6 Å². The normalized spacial score (nSPS) is 21.7. The highest BCUT2D eigenvalue weighted by atomic mass is 16.5. The third-order valence-corrected chi connectivity index (χ3v) is 4.69. The van der Waals surface area contributed by atoms with E-state index in [0.717, 1.165) is 38.0 Å². The van der Waals surface area contributed by atoms with Gasteiger partial charge in [-0.25, -0.2) is 4.79 Å². The highest BCUT2D eigenvalue weighted by molar-refractivity contribution is 5.87. The number of hydrogen-bond donors (Lipinski definition) is 2. The number of amides is 1. The van der Waals surface area contributed by atoms with E-state index in [1.807, 2.05) is 6.07 Å². The first-order chi connectivity index (χ1) is 11.1. The van der Waals surface area contributed by atoms with Crippen LogP contribution in [-0.2, 0) is 16.1 Å². The van der Waals surface area contributed by atoms with Gasteiger partial charge in [0.15, 0.2) is 0 Å². The first kappa shape index (κ1) is 16.0. The van der Waals surface area contributed by atoms with Gasteiger partial charge in [0.2, 0.25) is 5.91 Å². The van der Waals surface area contributed by atoms with Crippen molar-refractivity contribution >= 4 is 11.9 Å². The van der Waals surface area contributed by atoms with E-state index in [2.05, 4.69) is 10.2 Å². The zero-order valence-electron chi connectivity index (χ0n) is 13.1. The molecule has 2 N–H and O–H groups in total. The Balaban J connectivity index is 1.58. The van der Waals surface area contributed by atoms with Crippen LogP contribution < -0.4 is 5.32 Å². The number of piperidine rings is 1. The molecule has 1 aromatic carbocycles. The quantitative estimate of drug-likeness (QED) is 0.877. The Morgan fingerprint density at radius 2 is 2.13 bits per heavy atom. The van der Waals surface area contributed by atoms with Crippen LogP contribution in [0.1, 0.15) is 35.2 Å². The topological polar surface area (TPSA) is 78.9 Å². The first-order valence-corrected chi connectivity index (χ1v) is 8.02. The number of ether oxygens (including phenoxy) is 1. The number of aromatic carboxylic acids is 1. The smallest absolute Gasteiger partial charge is 0.335 e. The fourth-order valence-corrected chi connectivity index (χ4v) is 3.26. The van der Waals surface area contributed by atoms with Gasteiger partial charge in [0.25, 0.3) is 0 Å². The van der Waals surface area contributed by atoms with Crippen molar-refractivity contribution in [2.75, 3.05) is 26.2 Å². The average Bonchev–Trinajstić information content (AvgIpc) is 2.72. The van der Waals surface area contributed by atoms with E-state index in [9.17, 15) is 9.59 Å². The van der Waals surface area contributed by atoms with Crippen molar-refractivity contribution in [1.82, 2.24) is 10.2 Å². The summed E-state index contributed by atoms with van der Waals surface area (Å²) in [5.41, 5.74) is 1.10. The summed E-state index contributed by atoms with van der Waals surface area (Å²) in [6.45, 7) is 3.59. The SMILES string of the molecule is O=C1CCOC2(CCN(Cc3cccc(C(=O)O)c3)CC2)CN1. The van der Waals surface area contributed by atoms with Crippen LogP contribution >= 0.6 is 0 Å². The number of carbonyl (C=O) groups is 2. The molecule has 124 valence electrons. The zero-order chi connectivity index (χ0) is 16.3. The maximum absolute atomic E-state index is 11.5. The average molecular weight is 318 g/mol. The molecule has 6 heteroatoms. The predicted octanol–water partition coefficient (Wildman–Crippen LogP) is 1.26. The Morgan fingerprint density at radius 1 is 1.35 bits per heavy atom. The van der Waals surface area contributed by atoms with Gasteiger partial charge in [-0.2, -0.15) is 0 Å². The van der Waals surface area contributed by atoms with Crippen molar-refractivity contribution in [1.29, 1.82) is 0 Å². The van der Waals surface area contributed by atoms with Gasteiger partial charge in [0.05, 0.1) is 17.8 Å². The maximum atomic E-state index is 11.5. The van der Waals surface area contributed by atoms with E-state index < -0.39 is 5.97 Å². The van der Waals surface area contributed by atoms with Crippen molar-refractivity contribution in [3.8, 4) is 0 Å². The third kappa shape index (κ3) is 3.89. The summed E-state index contributed by atoms with van der Waals surface area (Å²) >= 11 is 0. The molecule has 0 bridgehead atoms. The van der Waals surface area contributed by atoms with Gasteiger partial charge in [-0.1, -0.05) is 12.1 Å². The molecule has 2 aliphatic heterocycles. The number of benzene rings is 1. The van der Waals surface area contributed by atoms with E-state index in [0.29, 0.717) is 25.1 Å². The molecule has 2 aliphatic rings. The highest BCUT2D eigenvalue weighted by Crippen LogP contribution is 2.28. The van der Waals surface area contributed by atoms with Crippen LogP contribution in [0.3, 0.4) is 0 Å². The molecule has 0 radical (unpaired) electrons. The Morgan fingerprint density at radius 3 is 2.87 bits per heavy atom. The molecule has 1 amide bonds. The fourth-order valence-electron chi connectivity index (χ4n) is 3.26. The zero-order valence-corrected chi connectivity index (χ0v) is 13.1. The summed E-state index contributed by atoms with van der Waals surface area (Å²) < 4.78 is 5.96. The van der Waals surface area contributed by atoms with E-state index in [1.165, 1.54) is 0 Å². The fraction of sp³-hybridized carbons (Fsp3) is 0.529. The minimum absolute atomic E-state index is 0.0646. The molecule has 2 fully saturated rings. The number of carbonyl (C=O) groups excluding carboxylic acids is 1. The van der Waals surface area contributed by atoms with Crippen molar-refractivity contribution in [2.24, 2.45) is 0 Å². The summed E-state index contributed by atoms with van der Waals surface area (Å²) in [7, 11) is 0. The lowest BCUT2D eigenvalue weighted by Gasteiger charge is -2.40. The largest absolute Gasteiger partial charge is 0.478 e. The number of likely N-dealkylation sites (tertiary alicyclic amines) is 1. The molecule has 0 saturated carbocycles.